The van der Waals surface area contributed by atoms with Crippen molar-refractivity contribution in [3.8, 4) is 0 Å². The smallest absolute Gasteiger partial charge is 0.193 e. The molecule has 1 saturated heterocycles. The molecule has 1 unspecified atom stereocenters. The van der Waals surface area contributed by atoms with Gasteiger partial charge in [-0.3, -0.25) is 9.78 Å². The van der Waals surface area contributed by atoms with Crippen LogP contribution >= 0.6 is 0 Å². The van der Waals surface area contributed by atoms with Crippen molar-refractivity contribution >= 4 is 5.78 Å². The molecule has 1 aliphatic heterocycles. The summed E-state index contributed by atoms with van der Waals surface area (Å²) in [5.41, 5.74) is 0.293. The van der Waals surface area contributed by atoms with Crippen LogP contribution in [0.25, 0.3) is 0 Å². The Morgan fingerprint density at radius 1 is 1.47 bits per heavy atom. The number of rotatable bonds is 2. The molecule has 0 aromatic carbocycles. The number of ketones is 1. The minimum atomic E-state index is -0.489. The summed E-state index contributed by atoms with van der Waals surface area (Å²) in [7, 11) is 0. The number of hydrogen-bond acceptors (Lipinski definition) is 3. The normalized spacial score (nSPS) is 21.3. The van der Waals surface area contributed by atoms with Gasteiger partial charge in [-0.25, -0.2) is 4.39 Å². The van der Waals surface area contributed by atoms with E-state index in [1.165, 1.54) is 12.3 Å². The fourth-order valence-corrected chi connectivity index (χ4v) is 1.68. The maximum atomic E-state index is 12.8. The van der Waals surface area contributed by atoms with Gasteiger partial charge in [-0.2, -0.15) is 0 Å². The summed E-state index contributed by atoms with van der Waals surface area (Å²) in [6.07, 6.45) is 4.74. The molecule has 2 heterocycles. The second kappa shape index (κ2) is 4.49. The van der Waals surface area contributed by atoms with Gasteiger partial charge in [0.2, 0.25) is 0 Å². The summed E-state index contributed by atoms with van der Waals surface area (Å²) in [5.74, 6) is -0.654. The Morgan fingerprint density at radius 2 is 2.33 bits per heavy atom. The van der Waals surface area contributed by atoms with Crippen molar-refractivity contribution in [2.24, 2.45) is 0 Å². The number of nitrogens with zero attached hydrogens (tertiary/aromatic N) is 1. The first-order chi connectivity index (χ1) is 7.27. The zero-order chi connectivity index (χ0) is 10.7. The van der Waals surface area contributed by atoms with Crippen LogP contribution in [0.15, 0.2) is 18.5 Å². The Labute approximate surface area is 87.3 Å². The van der Waals surface area contributed by atoms with Crippen molar-refractivity contribution in [2.45, 2.75) is 25.4 Å². The summed E-state index contributed by atoms with van der Waals surface area (Å²) >= 11 is 0. The topological polar surface area (TPSA) is 39.2 Å². The van der Waals surface area contributed by atoms with Gasteiger partial charge >= 0.3 is 0 Å². The number of halogens is 1. The number of ether oxygens (including phenoxy) is 1. The predicted octanol–water partition coefficient (Wildman–Crippen LogP) is 1.97. The standard InChI is InChI=1S/C11H12FNO2/c12-9-5-8(6-13-7-9)11(14)10-3-1-2-4-15-10/h5-7,10H,1-4H2. The maximum absolute atomic E-state index is 12.8. The Balaban J connectivity index is 2.12. The molecule has 0 amide bonds. The summed E-state index contributed by atoms with van der Waals surface area (Å²) in [6.45, 7) is 0.610. The monoisotopic (exact) mass is 209 g/mol. The quantitative estimate of drug-likeness (QED) is 0.699. The summed E-state index contributed by atoms with van der Waals surface area (Å²) in [4.78, 5) is 15.5. The highest BCUT2D eigenvalue weighted by atomic mass is 19.1. The van der Waals surface area contributed by atoms with Crippen LogP contribution < -0.4 is 0 Å². The molecule has 1 aliphatic rings. The average Bonchev–Trinajstić information content (AvgIpc) is 2.29. The number of hydrogen-bond donors (Lipinski definition) is 0. The van der Waals surface area contributed by atoms with Crippen LogP contribution in [0.1, 0.15) is 29.6 Å². The van der Waals surface area contributed by atoms with E-state index in [9.17, 15) is 9.18 Å². The Bertz CT molecular complexity index is 361. The predicted molar refractivity (Wildman–Crippen MR) is 52.1 cm³/mol. The number of aromatic nitrogens is 1. The van der Waals surface area contributed by atoms with E-state index in [1.54, 1.807) is 0 Å². The molecule has 80 valence electrons. The molecular formula is C11H12FNO2. The van der Waals surface area contributed by atoms with Gasteiger partial charge in [0.25, 0.3) is 0 Å². The van der Waals surface area contributed by atoms with Crippen molar-refractivity contribution in [1.82, 2.24) is 4.98 Å². The molecule has 15 heavy (non-hydrogen) atoms. The lowest BCUT2D eigenvalue weighted by Crippen LogP contribution is -2.28. The molecule has 1 aromatic heterocycles. The van der Waals surface area contributed by atoms with E-state index in [1.807, 2.05) is 0 Å². The summed E-state index contributed by atoms with van der Waals surface area (Å²) in [6, 6.07) is 1.20. The molecule has 3 nitrogen and oxygen atoms in total. The Hall–Kier alpha value is -1.29. The van der Waals surface area contributed by atoms with Crippen LogP contribution in [0, 0.1) is 5.82 Å². The van der Waals surface area contributed by atoms with E-state index in [0.29, 0.717) is 12.2 Å². The van der Waals surface area contributed by atoms with Gasteiger partial charge in [-0.1, -0.05) is 0 Å². The van der Waals surface area contributed by atoms with Gasteiger partial charge in [0.05, 0.1) is 6.20 Å². The second-order valence-electron chi connectivity index (χ2n) is 3.61. The van der Waals surface area contributed by atoms with Crippen LogP contribution in [0.2, 0.25) is 0 Å². The summed E-state index contributed by atoms with van der Waals surface area (Å²) < 4.78 is 18.2. The molecule has 0 bridgehead atoms. The highest BCUT2D eigenvalue weighted by molar-refractivity contribution is 5.99. The zero-order valence-electron chi connectivity index (χ0n) is 8.28. The molecule has 0 N–H and O–H groups in total. The molecule has 1 aromatic rings. The second-order valence-corrected chi connectivity index (χ2v) is 3.61. The first kappa shape index (κ1) is 10.2. The average molecular weight is 209 g/mol. The maximum Gasteiger partial charge on any atom is 0.193 e. The van der Waals surface area contributed by atoms with E-state index in [4.69, 9.17) is 4.74 Å². The number of carbonyl (C=O) groups excluding carboxylic acids is 1. The van der Waals surface area contributed by atoms with Gasteiger partial charge in [0.15, 0.2) is 5.78 Å². The van der Waals surface area contributed by atoms with Crippen molar-refractivity contribution in [3.05, 3.63) is 29.8 Å². The molecule has 1 fully saturated rings. The van der Waals surface area contributed by atoms with Gasteiger partial charge in [0.1, 0.15) is 11.9 Å². The van der Waals surface area contributed by atoms with Crippen molar-refractivity contribution in [1.29, 1.82) is 0 Å². The van der Waals surface area contributed by atoms with E-state index < -0.39 is 11.9 Å². The van der Waals surface area contributed by atoms with Crippen LogP contribution in [-0.4, -0.2) is 23.5 Å². The lowest BCUT2D eigenvalue weighted by Gasteiger charge is -2.21. The number of Topliss-reactive ketones (excluding diaryl/α,β-unsaturated/α-hetero) is 1. The fourth-order valence-electron chi connectivity index (χ4n) is 1.68. The molecule has 2 rings (SSSR count). The first-order valence-corrected chi connectivity index (χ1v) is 5.04. The number of pyridine rings is 1. The third-order valence-electron chi connectivity index (χ3n) is 2.46. The third-order valence-corrected chi connectivity index (χ3v) is 2.46. The molecule has 1 atom stereocenters. The SMILES string of the molecule is O=C(c1cncc(F)c1)C1CCCCO1. The zero-order valence-corrected chi connectivity index (χ0v) is 8.28. The largest absolute Gasteiger partial charge is 0.370 e. The Kier molecular flexibility index (Phi) is 3.06. The minimum absolute atomic E-state index is 0.165. The number of carbonyl (C=O) groups is 1. The van der Waals surface area contributed by atoms with Gasteiger partial charge in [0, 0.05) is 18.4 Å². The van der Waals surface area contributed by atoms with Crippen LogP contribution in [-0.2, 0) is 4.74 Å². The molecule has 0 radical (unpaired) electrons. The van der Waals surface area contributed by atoms with Crippen LogP contribution in [0.5, 0.6) is 0 Å². The molecule has 0 spiro atoms. The van der Waals surface area contributed by atoms with E-state index in [-0.39, 0.29) is 5.78 Å². The van der Waals surface area contributed by atoms with E-state index >= 15 is 0 Å². The molecule has 0 saturated carbocycles. The minimum Gasteiger partial charge on any atom is -0.370 e. The molecule has 0 aliphatic carbocycles. The molecular weight excluding hydrogens is 197 g/mol. The lowest BCUT2D eigenvalue weighted by atomic mass is 10.0. The highest BCUT2D eigenvalue weighted by Gasteiger charge is 2.23. The van der Waals surface area contributed by atoms with Crippen LogP contribution in [0.3, 0.4) is 0 Å². The van der Waals surface area contributed by atoms with Gasteiger partial charge in [-0.05, 0) is 25.3 Å². The van der Waals surface area contributed by atoms with Crippen molar-refractivity contribution < 1.29 is 13.9 Å². The van der Waals surface area contributed by atoms with Gasteiger partial charge < -0.3 is 4.74 Å². The lowest BCUT2D eigenvalue weighted by molar-refractivity contribution is 0.0186. The van der Waals surface area contributed by atoms with Crippen LogP contribution in [0.4, 0.5) is 4.39 Å². The van der Waals surface area contributed by atoms with Crippen molar-refractivity contribution in [2.75, 3.05) is 6.61 Å². The van der Waals surface area contributed by atoms with E-state index in [0.717, 1.165) is 25.5 Å². The highest BCUT2D eigenvalue weighted by Crippen LogP contribution is 2.17. The molecule has 4 heteroatoms. The first-order valence-electron chi connectivity index (χ1n) is 5.04. The van der Waals surface area contributed by atoms with Crippen molar-refractivity contribution in [3.63, 3.8) is 0 Å². The Morgan fingerprint density at radius 3 is 3.00 bits per heavy atom. The summed E-state index contributed by atoms with van der Waals surface area (Å²) in [5, 5.41) is 0. The fraction of sp³-hybridized carbons (Fsp3) is 0.455. The van der Waals surface area contributed by atoms with Gasteiger partial charge in [-0.15, -0.1) is 0 Å². The van der Waals surface area contributed by atoms with E-state index in [2.05, 4.69) is 4.98 Å². The third kappa shape index (κ3) is 2.39.